The minimum absolute atomic E-state index is 0.130. The first-order valence-corrected chi connectivity index (χ1v) is 7.36. The average molecular weight is 303 g/mol. The van der Waals surface area contributed by atoms with E-state index >= 15 is 0 Å². The lowest BCUT2D eigenvalue weighted by Gasteiger charge is -1.92. The van der Waals surface area contributed by atoms with Gasteiger partial charge in [-0.1, -0.05) is 23.9 Å². The summed E-state index contributed by atoms with van der Waals surface area (Å²) >= 11 is 1.14. The van der Waals surface area contributed by atoms with E-state index in [0.29, 0.717) is 24.0 Å². The van der Waals surface area contributed by atoms with Gasteiger partial charge in [0.2, 0.25) is 11.8 Å². The summed E-state index contributed by atoms with van der Waals surface area (Å²) in [6, 6.07) is 7.86. The third-order valence-electron chi connectivity index (χ3n) is 2.80. The molecule has 3 N–H and O–H groups in total. The molecule has 1 aromatic carbocycles. The van der Waals surface area contributed by atoms with E-state index < -0.39 is 5.91 Å². The van der Waals surface area contributed by atoms with Crippen molar-refractivity contribution in [3.05, 3.63) is 36.0 Å². The largest absolute Gasteiger partial charge is 0.416 e. The number of fused-ring (bicyclic) bond motifs is 1. The number of benzene rings is 1. The van der Waals surface area contributed by atoms with Crippen LogP contribution in [0.5, 0.6) is 0 Å². The minimum Gasteiger partial charge on any atom is -0.416 e. The maximum atomic E-state index is 10.7. The highest BCUT2D eigenvalue weighted by Crippen LogP contribution is 2.17. The van der Waals surface area contributed by atoms with E-state index in [4.69, 9.17) is 10.2 Å². The van der Waals surface area contributed by atoms with Gasteiger partial charge in [0, 0.05) is 12.8 Å². The first kappa shape index (κ1) is 13.6. The Hall–Kier alpha value is -2.35. The minimum atomic E-state index is -0.415. The molecule has 0 unspecified atom stereocenters. The Balaban J connectivity index is 1.60. The Kier molecular flexibility index (Phi) is 3.87. The number of carbonyl (C=O) groups is 1. The van der Waals surface area contributed by atoms with Crippen molar-refractivity contribution in [3.8, 4) is 0 Å². The summed E-state index contributed by atoms with van der Waals surface area (Å²) in [4.78, 5) is 18.4. The number of nitrogens with two attached hydrogens (primary N) is 1. The summed E-state index contributed by atoms with van der Waals surface area (Å²) in [5.74, 6) is 1.11. The molecule has 2 heterocycles. The number of primary amides is 1. The number of H-pyrrole nitrogens is 1. The number of aryl methyl sites for hydroxylation is 2. The van der Waals surface area contributed by atoms with E-state index in [2.05, 4.69) is 20.2 Å². The highest BCUT2D eigenvalue weighted by atomic mass is 32.2. The topological polar surface area (TPSA) is 111 Å². The molecule has 3 rings (SSSR count). The highest BCUT2D eigenvalue weighted by Gasteiger charge is 2.09. The molecule has 0 saturated heterocycles. The van der Waals surface area contributed by atoms with Crippen LogP contribution in [-0.2, 0) is 17.6 Å². The predicted octanol–water partition coefficient (Wildman–Crippen LogP) is 1.31. The zero-order valence-electron chi connectivity index (χ0n) is 11.1. The van der Waals surface area contributed by atoms with Gasteiger partial charge in [0.1, 0.15) is 5.82 Å². The summed E-state index contributed by atoms with van der Waals surface area (Å²) in [6.07, 6.45) is 1.26. The monoisotopic (exact) mass is 303 g/mol. The van der Waals surface area contributed by atoms with Gasteiger partial charge in [0.15, 0.2) is 0 Å². The van der Waals surface area contributed by atoms with Gasteiger partial charge in [-0.3, -0.25) is 4.79 Å². The molecular weight excluding hydrogens is 290 g/mol. The molecule has 0 spiro atoms. The molecule has 1 amide bonds. The fourth-order valence-electron chi connectivity index (χ4n) is 1.88. The summed E-state index contributed by atoms with van der Waals surface area (Å²) in [7, 11) is 0. The molecule has 8 heteroatoms. The van der Waals surface area contributed by atoms with Crippen LogP contribution in [0.4, 0.5) is 0 Å². The summed E-state index contributed by atoms with van der Waals surface area (Å²) < 4.78 is 5.42. The number of aromatic amines is 1. The number of carbonyl (C=O) groups excluding carboxylic acids is 1. The van der Waals surface area contributed by atoms with E-state index in [9.17, 15) is 4.79 Å². The number of nitrogens with one attached hydrogen (secondary N) is 1. The molecule has 0 aliphatic carbocycles. The Morgan fingerprint density at radius 3 is 2.95 bits per heavy atom. The molecule has 0 fully saturated rings. The van der Waals surface area contributed by atoms with Crippen LogP contribution in [-0.4, -0.2) is 31.8 Å². The lowest BCUT2D eigenvalue weighted by molar-refractivity contribution is -0.115. The van der Waals surface area contributed by atoms with Crippen LogP contribution in [0, 0.1) is 0 Å². The number of nitrogens with zero attached hydrogens (tertiary/aromatic N) is 3. The van der Waals surface area contributed by atoms with Crippen molar-refractivity contribution in [2.24, 2.45) is 5.73 Å². The molecule has 0 aliphatic rings. The summed E-state index contributed by atoms with van der Waals surface area (Å²) in [6.45, 7) is 0. The second-order valence-corrected chi connectivity index (χ2v) is 5.34. The quantitative estimate of drug-likeness (QED) is 0.664. The van der Waals surface area contributed by atoms with Crippen LogP contribution in [0.25, 0.3) is 11.0 Å². The second kappa shape index (κ2) is 5.96. The Labute approximate surface area is 124 Å². The van der Waals surface area contributed by atoms with E-state index in [1.165, 1.54) is 0 Å². The van der Waals surface area contributed by atoms with Gasteiger partial charge in [-0.05, 0) is 12.1 Å². The number of amides is 1. The fraction of sp³-hybridized carbons (Fsp3) is 0.231. The molecule has 2 aromatic heterocycles. The van der Waals surface area contributed by atoms with E-state index in [1.807, 2.05) is 24.3 Å². The number of aromatic nitrogens is 4. The third kappa shape index (κ3) is 3.40. The smallest absolute Gasteiger partial charge is 0.277 e. The number of hydrogen-bond acceptors (Lipinski definition) is 6. The lowest BCUT2D eigenvalue weighted by Crippen LogP contribution is -2.12. The lowest BCUT2D eigenvalue weighted by atomic mass is 10.3. The van der Waals surface area contributed by atoms with Gasteiger partial charge in [0.25, 0.3) is 5.22 Å². The van der Waals surface area contributed by atoms with Gasteiger partial charge in [0.05, 0.1) is 16.8 Å². The van der Waals surface area contributed by atoms with Gasteiger partial charge in [-0.15, -0.1) is 10.2 Å². The number of imidazole rings is 1. The molecule has 3 aromatic rings. The molecule has 7 nitrogen and oxygen atoms in total. The zero-order chi connectivity index (χ0) is 14.7. The molecule has 21 heavy (non-hydrogen) atoms. The highest BCUT2D eigenvalue weighted by molar-refractivity contribution is 7.99. The second-order valence-electron chi connectivity index (χ2n) is 4.42. The molecular formula is C13H13N5O2S. The van der Waals surface area contributed by atoms with Crippen molar-refractivity contribution in [1.82, 2.24) is 20.2 Å². The van der Waals surface area contributed by atoms with Crippen molar-refractivity contribution in [1.29, 1.82) is 0 Å². The van der Waals surface area contributed by atoms with E-state index in [-0.39, 0.29) is 5.75 Å². The van der Waals surface area contributed by atoms with Gasteiger partial charge in [-0.25, -0.2) is 4.98 Å². The molecule has 0 aliphatic heterocycles. The van der Waals surface area contributed by atoms with Crippen LogP contribution in [0.15, 0.2) is 33.9 Å². The first-order chi connectivity index (χ1) is 10.2. The first-order valence-electron chi connectivity index (χ1n) is 6.38. The van der Waals surface area contributed by atoms with Crippen LogP contribution in [0.2, 0.25) is 0 Å². The van der Waals surface area contributed by atoms with E-state index in [0.717, 1.165) is 28.6 Å². The number of thioether (sulfide) groups is 1. The van der Waals surface area contributed by atoms with Crippen molar-refractivity contribution in [2.45, 2.75) is 18.1 Å². The summed E-state index contributed by atoms with van der Waals surface area (Å²) in [5, 5.41) is 8.14. The number of rotatable bonds is 6. The predicted molar refractivity (Wildman–Crippen MR) is 77.7 cm³/mol. The number of para-hydroxylation sites is 2. The molecule has 0 saturated carbocycles. The standard InChI is InChI=1S/C13H13N5O2S/c14-10(19)7-21-13-18-17-12(20-13)6-5-11-15-8-3-1-2-4-9(8)16-11/h1-4H,5-7H2,(H2,14,19)(H,15,16). The molecule has 108 valence electrons. The van der Waals surface area contributed by atoms with Crippen LogP contribution >= 0.6 is 11.8 Å². The maximum Gasteiger partial charge on any atom is 0.277 e. The SMILES string of the molecule is NC(=O)CSc1nnc(CCc2nc3ccccc3[nH]2)o1. The summed E-state index contributed by atoms with van der Waals surface area (Å²) in [5.41, 5.74) is 7.01. The van der Waals surface area contributed by atoms with Crippen molar-refractivity contribution >= 4 is 28.7 Å². The van der Waals surface area contributed by atoms with Crippen LogP contribution < -0.4 is 5.73 Å². The Morgan fingerprint density at radius 2 is 2.14 bits per heavy atom. The Bertz CT molecular complexity index is 734. The van der Waals surface area contributed by atoms with Gasteiger partial charge < -0.3 is 15.1 Å². The van der Waals surface area contributed by atoms with Crippen molar-refractivity contribution in [2.75, 3.05) is 5.75 Å². The molecule has 0 bridgehead atoms. The number of hydrogen-bond donors (Lipinski definition) is 2. The molecule has 0 atom stereocenters. The fourth-order valence-corrected chi connectivity index (χ4v) is 2.40. The van der Waals surface area contributed by atoms with Crippen molar-refractivity contribution in [3.63, 3.8) is 0 Å². The van der Waals surface area contributed by atoms with Gasteiger partial charge >= 0.3 is 0 Å². The maximum absolute atomic E-state index is 10.7. The Morgan fingerprint density at radius 1 is 1.29 bits per heavy atom. The van der Waals surface area contributed by atoms with Crippen LogP contribution in [0.1, 0.15) is 11.7 Å². The normalized spacial score (nSPS) is 11.0. The average Bonchev–Trinajstić information content (AvgIpc) is 3.09. The third-order valence-corrected chi connectivity index (χ3v) is 3.64. The molecule has 0 radical (unpaired) electrons. The van der Waals surface area contributed by atoms with Gasteiger partial charge in [-0.2, -0.15) is 0 Å². The van der Waals surface area contributed by atoms with E-state index in [1.54, 1.807) is 0 Å². The zero-order valence-corrected chi connectivity index (χ0v) is 11.9. The van der Waals surface area contributed by atoms with Crippen molar-refractivity contribution < 1.29 is 9.21 Å². The van der Waals surface area contributed by atoms with Crippen LogP contribution in [0.3, 0.4) is 0 Å².